The summed E-state index contributed by atoms with van der Waals surface area (Å²) in [6, 6.07) is 8.53. The summed E-state index contributed by atoms with van der Waals surface area (Å²) in [7, 11) is 0. The third-order valence-electron chi connectivity index (χ3n) is 7.07. The van der Waals surface area contributed by atoms with Gasteiger partial charge in [-0.05, 0) is 49.5 Å². The monoisotopic (exact) mass is 410 g/mol. The van der Waals surface area contributed by atoms with Gasteiger partial charge < -0.3 is 4.90 Å². The standard InChI is InChI=1S/C25H38N4O/c1-4-6-7-23(5-2)25(18-29-20-26-19-27-29)14-16-28(17-15-25)24(30)13-12-22-10-8-21(3)9-11-22/h8-11,19-20,23H,4-7,12-18H2,1-3H3. The molecule has 164 valence electrons. The number of piperidine rings is 1. The zero-order valence-electron chi connectivity index (χ0n) is 19.0. The lowest BCUT2D eigenvalue weighted by atomic mass is 9.66. The lowest BCUT2D eigenvalue weighted by Crippen LogP contribution is -2.48. The molecule has 1 saturated heterocycles. The topological polar surface area (TPSA) is 51.0 Å². The summed E-state index contributed by atoms with van der Waals surface area (Å²) < 4.78 is 2.00. The summed E-state index contributed by atoms with van der Waals surface area (Å²) in [6.07, 6.45) is 12.0. The molecule has 1 aliphatic heterocycles. The summed E-state index contributed by atoms with van der Waals surface area (Å²) in [5.41, 5.74) is 2.72. The van der Waals surface area contributed by atoms with Crippen molar-refractivity contribution in [2.75, 3.05) is 13.1 Å². The van der Waals surface area contributed by atoms with Gasteiger partial charge in [-0.15, -0.1) is 0 Å². The maximum absolute atomic E-state index is 12.9. The summed E-state index contributed by atoms with van der Waals surface area (Å²) in [6.45, 7) is 9.34. The molecule has 30 heavy (non-hydrogen) atoms. The first-order valence-electron chi connectivity index (χ1n) is 11.7. The summed E-state index contributed by atoms with van der Waals surface area (Å²) in [4.78, 5) is 19.1. The highest BCUT2D eigenvalue weighted by molar-refractivity contribution is 5.76. The van der Waals surface area contributed by atoms with Crippen LogP contribution in [0.4, 0.5) is 0 Å². The first kappa shape index (κ1) is 22.5. The molecule has 0 N–H and O–H groups in total. The number of amides is 1. The molecule has 0 aliphatic carbocycles. The smallest absolute Gasteiger partial charge is 0.222 e. The molecular weight excluding hydrogens is 372 g/mol. The zero-order chi connectivity index (χ0) is 21.4. The zero-order valence-corrected chi connectivity index (χ0v) is 19.0. The first-order chi connectivity index (χ1) is 14.6. The van der Waals surface area contributed by atoms with Crippen LogP contribution in [0.3, 0.4) is 0 Å². The van der Waals surface area contributed by atoms with Crippen LogP contribution in [0.5, 0.6) is 0 Å². The second-order valence-corrected chi connectivity index (χ2v) is 9.07. The van der Waals surface area contributed by atoms with E-state index in [4.69, 9.17) is 0 Å². The van der Waals surface area contributed by atoms with Gasteiger partial charge in [0.1, 0.15) is 12.7 Å². The molecule has 5 nitrogen and oxygen atoms in total. The Labute approximate surface area is 181 Å². The molecule has 1 amide bonds. The van der Waals surface area contributed by atoms with Gasteiger partial charge >= 0.3 is 0 Å². The van der Waals surface area contributed by atoms with Gasteiger partial charge in [0.15, 0.2) is 0 Å². The predicted molar refractivity (Wildman–Crippen MR) is 121 cm³/mol. The fraction of sp³-hybridized carbons (Fsp3) is 0.640. The molecule has 1 fully saturated rings. The number of benzene rings is 1. The molecular formula is C25H38N4O. The Kier molecular flexibility index (Phi) is 8.06. The van der Waals surface area contributed by atoms with Crippen LogP contribution >= 0.6 is 0 Å². The average molecular weight is 411 g/mol. The van der Waals surface area contributed by atoms with Crippen molar-refractivity contribution in [2.24, 2.45) is 11.3 Å². The molecule has 0 bridgehead atoms. The van der Waals surface area contributed by atoms with E-state index in [0.29, 0.717) is 18.2 Å². The largest absolute Gasteiger partial charge is 0.343 e. The molecule has 1 atom stereocenters. The van der Waals surface area contributed by atoms with E-state index < -0.39 is 0 Å². The molecule has 1 aliphatic rings. The minimum Gasteiger partial charge on any atom is -0.343 e. The van der Waals surface area contributed by atoms with E-state index in [1.54, 1.807) is 6.33 Å². The summed E-state index contributed by atoms with van der Waals surface area (Å²) in [5.74, 6) is 0.970. The minimum atomic E-state index is 0.214. The fourth-order valence-electron chi connectivity index (χ4n) is 5.09. The molecule has 1 aromatic heterocycles. The van der Waals surface area contributed by atoms with Gasteiger partial charge in [-0.2, -0.15) is 5.10 Å². The van der Waals surface area contributed by atoms with Crippen molar-refractivity contribution in [3.8, 4) is 0 Å². The Bertz CT molecular complexity index is 761. The van der Waals surface area contributed by atoms with Crippen LogP contribution in [0.25, 0.3) is 0 Å². The summed E-state index contributed by atoms with van der Waals surface area (Å²) >= 11 is 0. The Morgan fingerprint density at radius 3 is 2.50 bits per heavy atom. The highest BCUT2D eigenvalue weighted by atomic mass is 16.2. The van der Waals surface area contributed by atoms with Crippen molar-refractivity contribution in [1.29, 1.82) is 0 Å². The second kappa shape index (κ2) is 10.7. The van der Waals surface area contributed by atoms with Crippen LogP contribution in [-0.2, 0) is 17.8 Å². The predicted octanol–water partition coefficient (Wildman–Crippen LogP) is 5.04. The molecule has 2 aromatic rings. The highest BCUT2D eigenvalue weighted by Crippen LogP contribution is 2.44. The van der Waals surface area contributed by atoms with Crippen molar-refractivity contribution < 1.29 is 4.79 Å². The molecule has 1 unspecified atom stereocenters. The normalized spacial score (nSPS) is 17.1. The second-order valence-electron chi connectivity index (χ2n) is 9.07. The third-order valence-corrected chi connectivity index (χ3v) is 7.07. The average Bonchev–Trinajstić information content (AvgIpc) is 3.27. The minimum absolute atomic E-state index is 0.214. The maximum atomic E-state index is 12.9. The molecule has 0 spiro atoms. The lowest BCUT2D eigenvalue weighted by Gasteiger charge is -2.46. The van der Waals surface area contributed by atoms with Crippen molar-refractivity contribution in [1.82, 2.24) is 19.7 Å². The first-order valence-corrected chi connectivity index (χ1v) is 11.7. The van der Waals surface area contributed by atoms with Gasteiger partial charge in [0.25, 0.3) is 0 Å². The number of likely N-dealkylation sites (tertiary alicyclic amines) is 1. The van der Waals surface area contributed by atoms with Gasteiger partial charge in [-0.1, -0.05) is 62.9 Å². The van der Waals surface area contributed by atoms with Crippen LogP contribution < -0.4 is 0 Å². The number of unbranched alkanes of at least 4 members (excludes halogenated alkanes) is 1. The van der Waals surface area contributed by atoms with Gasteiger partial charge in [0, 0.05) is 26.1 Å². The maximum Gasteiger partial charge on any atom is 0.222 e. The van der Waals surface area contributed by atoms with Crippen LogP contribution in [0.2, 0.25) is 0 Å². The molecule has 1 aromatic carbocycles. The van der Waals surface area contributed by atoms with Crippen molar-refractivity contribution in [2.45, 2.75) is 78.7 Å². The van der Waals surface area contributed by atoms with Gasteiger partial charge in [-0.25, -0.2) is 4.98 Å². The van der Waals surface area contributed by atoms with E-state index in [-0.39, 0.29) is 5.41 Å². The number of carbonyl (C=O) groups is 1. The molecule has 2 heterocycles. The number of aryl methyl sites for hydroxylation is 2. The van der Waals surface area contributed by atoms with Gasteiger partial charge in [0.05, 0.1) is 0 Å². The Hall–Kier alpha value is -2.17. The van der Waals surface area contributed by atoms with E-state index >= 15 is 0 Å². The third kappa shape index (κ3) is 5.71. The fourth-order valence-corrected chi connectivity index (χ4v) is 5.09. The van der Waals surface area contributed by atoms with E-state index in [1.165, 1.54) is 36.8 Å². The van der Waals surface area contributed by atoms with Crippen LogP contribution in [0.1, 0.15) is 69.9 Å². The Balaban J connectivity index is 1.61. The molecule has 0 radical (unpaired) electrons. The van der Waals surface area contributed by atoms with Crippen LogP contribution in [0, 0.1) is 18.3 Å². The SMILES string of the molecule is CCCCC(CC)C1(Cn2cncn2)CCN(C(=O)CCc2ccc(C)cc2)CC1. The highest BCUT2D eigenvalue weighted by Gasteiger charge is 2.41. The molecule has 0 saturated carbocycles. The number of rotatable bonds is 10. The number of nitrogens with zero attached hydrogens (tertiary/aromatic N) is 4. The molecule has 3 rings (SSSR count). The Morgan fingerprint density at radius 2 is 1.90 bits per heavy atom. The van der Waals surface area contributed by atoms with Crippen molar-refractivity contribution >= 4 is 5.91 Å². The van der Waals surface area contributed by atoms with Crippen molar-refractivity contribution in [3.63, 3.8) is 0 Å². The van der Waals surface area contributed by atoms with E-state index in [0.717, 1.165) is 38.9 Å². The van der Waals surface area contributed by atoms with Gasteiger partial charge in [-0.3, -0.25) is 9.48 Å². The van der Waals surface area contributed by atoms with Crippen molar-refractivity contribution in [3.05, 3.63) is 48.0 Å². The van der Waals surface area contributed by atoms with Crippen LogP contribution in [0.15, 0.2) is 36.9 Å². The lowest BCUT2D eigenvalue weighted by molar-refractivity contribution is -0.134. The van der Waals surface area contributed by atoms with Crippen LogP contribution in [-0.4, -0.2) is 38.7 Å². The number of hydrogen-bond acceptors (Lipinski definition) is 3. The van der Waals surface area contributed by atoms with E-state index in [9.17, 15) is 4.79 Å². The van der Waals surface area contributed by atoms with E-state index in [2.05, 4.69) is 60.0 Å². The summed E-state index contributed by atoms with van der Waals surface area (Å²) in [5, 5.41) is 4.40. The number of carbonyl (C=O) groups excluding carboxylic acids is 1. The molecule has 5 heteroatoms. The number of aromatic nitrogens is 3. The Morgan fingerprint density at radius 1 is 1.17 bits per heavy atom. The van der Waals surface area contributed by atoms with E-state index in [1.807, 2.05) is 11.0 Å². The quantitative estimate of drug-likeness (QED) is 0.551. The van der Waals surface area contributed by atoms with Gasteiger partial charge in [0.2, 0.25) is 5.91 Å². The number of hydrogen-bond donors (Lipinski definition) is 0.